The first-order valence-electron chi connectivity index (χ1n) is 6.87. The van der Waals surface area contributed by atoms with Crippen LogP contribution in [0.2, 0.25) is 5.02 Å². The fourth-order valence-corrected chi connectivity index (χ4v) is 3.59. The van der Waals surface area contributed by atoms with Crippen LogP contribution in [0.4, 0.5) is 10.1 Å². The quantitative estimate of drug-likeness (QED) is 0.688. The van der Waals surface area contributed by atoms with Crippen LogP contribution in [0.25, 0.3) is 0 Å². The zero-order valence-corrected chi connectivity index (χ0v) is 14.2. The molecule has 2 aromatic rings. The van der Waals surface area contributed by atoms with Crippen molar-refractivity contribution in [3.63, 3.8) is 0 Å². The number of fused-ring (bicyclic) bond motifs is 1. The van der Waals surface area contributed by atoms with Gasteiger partial charge in [-0.2, -0.15) is 0 Å². The molecule has 1 atom stereocenters. The van der Waals surface area contributed by atoms with E-state index in [2.05, 4.69) is 41.2 Å². The van der Waals surface area contributed by atoms with Gasteiger partial charge in [0.25, 0.3) is 0 Å². The summed E-state index contributed by atoms with van der Waals surface area (Å²) in [5, 5.41) is 4.08. The van der Waals surface area contributed by atoms with Crippen molar-refractivity contribution in [2.24, 2.45) is 5.41 Å². The minimum Gasteiger partial charge on any atom is -0.375 e. The minimum atomic E-state index is -0.246. The maximum atomic E-state index is 14.0. The molecule has 0 amide bonds. The van der Waals surface area contributed by atoms with E-state index in [4.69, 9.17) is 11.6 Å². The molecule has 0 aromatic heterocycles. The van der Waals surface area contributed by atoms with Gasteiger partial charge >= 0.3 is 0 Å². The van der Waals surface area contributed by atoms with E-state index in [0.29, 0.717) is 10.7 Å². The second-order valence-corrected chi connectivity index (χ2v) is 7.56. The first-order valence-corrected chi connectivity index (χ1v) is 8.04. The van der Waals surface area contributed by atoms with Gasteiger partial charge in [0.1, 0.15) is 5.82 Å². The van der Waals surface area contributed by atoms with Crippen molar-refractivity contribution in [2.75, 3.05) is 5.32 Å². The number of nitrogens with one attached hydrogen (secondary N) is 1. The lowest BCUT2D eigenvalue weighted by Gasteiger charge is -2.29. The van der Waals surface area contributed by atoms with Gasteiger partial charge in [0, 0.05) is 9.50 Å². The molecular formula is C17H16BrClFN. The fourth-order valence-electron chi connectivity index (χ4n) is 3.05. The molecule has 4 heteroatoms. The number of anilines is 1. The van der Waals surface area contributed by atoms with Crippen molar-refractivity contribution >= 4 is 33.2 Å². The number of halogens is 3. The highest BCUT2D eigenvalue weighted by atomic mass is 79.9. The lowest BCUT2D eigenvalue weighted by atomic mass is 9.85. The van der Waals surface area contributed by atoms with Gasteiger partial charge in [-0.05, 0) is 53.3 Å². The second-order valence-electron chi connectivity index (χ2n) is 6.21. The monoisotopic (exact) mass is 367 g/mol. The molecule has 110 valence electrons. The standard InChI is InChI=1S/C17H16BrClFN/c1-17(2)9-10-3-5-12(19)8-13(10)16(17)21-15-7-11(18)4-6-14(15)20/h3-8,16,21H,9H2,1-2H3. The third-order valence-electron chi connectivity index (χ3n) is 4.07. The zero-order valence-electron chi connectivity index (χ0n) is 11.9. The van der Waals surface area contributed by atoms with Crippen molar-refractivity contribution in [3.05, 3.63) is 62.8 Å². The molecule has 0 bridgehead atoms. The van der Waals surface area contributed by atoms with E-state index in [1.54, 1.807) is 12.1 Å². The largest absolute Gasteiger partial charge is 0.375 e. The summed E-state index contributed by atoms with van der Waals surface area (Å²) in [7, 11) is 0. The van der Waals surface area contributed by atoms with E-state index >= 15 is 0 Å². The number of hydrogen-bond donors (Lipinski definition) is 1. The highest BCUT2D eigenvalue weighted by Gasteiger charge is 2.39. The van der Waals surface area contributed by atoms with E-state index in [9.17, 15) is 4.39 Å². The van der Waals surface area contributed by atoms with Gasteiger partial charge < -0.3 is 5.32 Å². The summed E-state index contributed by atoms with van der Waals surface area (Å²) < 4.78 is 14.9. The van der Waals surface area contributed by atoms with E-state index < -0.39 is 0 Å². The molecule has 1 aliphatic rings. The summed E-state index contributed by atoms with van der Waals surface area (Å²) in [6.45, 7) is 4.38. The first kappa shape index (κ1) is 14.9. The Kier molecular flexibility index (Phi) is 3.74. The highest BCUT2D eigenvalue weighted by molar-refractivity contribution is 9.10. The molecule has 1 N–H and O–H groups in total. The summed E-state index contributed by atoms with van der Waals surface area (Å²) in [6.07, 6.45) is 0.951. The molecular weight excluding hydrogens is 353 g/mol. The third-order valence-corrected chi connectivity index (χ3v) is 4.80. The van der Waals surface area contributed by atoms with E-state index in [0.717, 1.165) is 16.5 Å². The van der Waals surface area contributed by atoms with Gasteiger partial charge in [0.2, 0.25) is 0 Å². The van der Waals surface area contributed by atoms with Crippen LogP contribution in [0.5, 0.6) is 0 Å². The maximum Gasteiger partial charge on any atom is 0.146 e. The average molecular weight is 369 g/mol. The first-order chi connectivity index (χ1) is 9.87. The van der Waals surface area contributed by atoms with Crippen molar-refractivity contribution in [1.82, 2.24) is 0 Å². The zero-order chi connectivity index (χ0) is 15.2. The van der Waals surface area contributed by atoms with E-state index in [1.807, 2.05) is 12.1 Å². The molecule has 2 aromatic carbocycles. The van der Waals surface area contributed by atoms with Crippen LogP contribution in [0, 0.1) is 11.2 Å². The number of hydrogen-bond acceptors (Lipinski definition) is 1. The molecule has 3 rings (SSSR count). The van der Waals surface area contributed by atoms with Gasteiger partial charge in [0.05, 0.1) is 11.7 Å². The SMILES string of the molecule is CC1(C)Cc2ccc(Cl)cc2C1Nc1cc(Br)ccc1F. The van der Waals surface area contributed by atoms with Crippen LogP contribution in [-0.2, 0) is 6.42 Å². The van der Waals surface area contributed by atoms with Crippen LogP contribution in [0.1, 0.15) is 31.0 Å². The Bertz CT molecular complexity index is 699. The molecule has 1 aliphatic carbocycles. The lowest BCUT2D eigenvalue weighted by molar-refractivity contribution is 0.336. The molecule has 0 radical (unpaired) electrons. The molecule has 21 heavy (non-hydrogen) atoms. The van der Waals surface area contributed by atoms with Crippen LogP contribution >= 0.6 is 27.5 Å². The number of rotatable bonds is 2. The molecule has 0 fully saturated rings. The predicted octanol–water partition coefficient (Wildman–Crippen LogP) is 5.98. The van der Waals surface area contributed by atoms with Crippen LogP contribution in [0.3, 0.4) is 0 Å². The highest BCUT2D eigenvalue weighted by Crippen LogP contribution is 2.47. The van der Waals surface area contributed by atoms with E-state index in [-0.39, 0.29) is 17.3 Å². The molecule has 0 spiro atoms. The average Bonchev–Trinajstić information content (AvgIpc) is 2.65. The van der Waals surface area contributed by atoms with Crippen LogP contribution < -0.4 is 5.32 Å². The Balaban J connectivity index is 2.01. The van der Waals surface area contributed by atoms with Gasteiger partial charge in [-0.3, -0.25) is 0 Å². The molecule has 0 saturated carbocycles. The summed E-state index contributed by atoms with van der Waals surface area (Å²) in [4.78, 5) is 0. The van der Waals surface area contributed by atoms with Crippen molar-refractivity contribution in [3.8, 4) is 0 Å². The van der Waals surface area contributed by atoms with Gasteiger partial charge in [-0.25, -0.2) is 4.39 Å². The molecule has 0 saturated heterocycles. The van der Waals surface area contributed by atoms with Gasteiger partial charge in [0.15, 0.2) is 0 Å². The summed E-state index contributed by atoms with van der Waals surface area (Å²) in [5.74, 6) is -0.246. The Morgan fingerprint density at radius 1 is 1.24 bits per heavy atom. The maximum absolute atomic E-state index is 14.0. The molecule has 0 aliphatic heterocycles. The van der Waals surface area contributed by atoms with Crippen molar-refractivity contribution < 1.29 is 4.39 Å². The van der Waals surface area contributed by atoms with Crippen molar-refractivity contribution in [2.45, 2.75) is 26.3 Å². The Morgan fingerprint density at radius 2 is 2.00 bits per heavy atom. The third kappa shape index (κ3) is 2.82. The summed E-state index contributed by atoms with van der Waals surface area (Å²) in [6, 6.07) is 10.9. The van der Waals surface area contributed by atoms with Crippen molar-refractivity contribution in [1.29, 1.82) is 0 Å². The van der Waals surface area contributed by atoms with Gasteiger partial charge in [-0.15, -0.1) is 0 Å². The fraction of sp³-hybridized carbons (Fsp3) is 0.294. The van der Waals surface area contributed by atoms with Crippen LogP contribution in [0.15, 0.2) is 40.9 Å². The topological polar surface area (TPSA) is 12.0 Å². The summed E-state index contributed by atoms with van der Waals surface area (Å²) >= 11 is 9.52. The van der Waals surface area contributed by atoms with E-state index in [1.165, 1.54) is 11.6 Å². The molecule has 1 nitrogen and oxygen atoms in total. The normalized spacial score (nSPS) is 19.4. The summed E-state index contributed by atoms with van der Waals surface area (Å²) in [5.41, 5.74) is 2.95. The Labute approximate surface area is 137 Å². The molecule has 0 heterocycles. The van der Waals surface area contributed by atoms with Gasteiger partial charge in [-0.1, -0.05) is 47.4 Å². The molecule has 1 unspecified atom stereocenters. The minimum absolute atomic E-state index is 0.00176. The predicted molar refractivity (Wildman–Crippen MR) is 89.4 cm³/mol. The Hall–Kier alpha value is -1.06. The smallest absolute Gasteiger partial charge is 0.146 e. The number of benzene rings is 2. The van der Waals surface area contributed by atoms with Crippen LogP contribution in [-0.4, -0.2) is 0 Å². The Morgan fingerprint density at radius 3 is 2.76 bits per heavy atom. The second kappa shape index (κ2) is 5.29. The lowest BCUT2D eigenvalue weighted by Crippen LogP contribution is -2.25.